The largest absolute Gasteiger partial charge is 3.00 e. The van der Waals surface area contributed by atoms with E-state index in [1.165, 1.54) is 44.2 Å². The number of ether oxygens (including phenoxy) is 1. The van der Waals surface area contributed by atoms with Gasteiger partial charge in [-0.25, -0.2) is 0 Å². The van der Waals surface area contributed by atoms with Gasteiger partial charge in [0.15, 0.2) is 11.5 Å². The normalized spacial score (nSPS) is 10.8. The molecule has 2 aromatic carbocycles. The smallest absolute Gasteiger partial charge is 0.876 e. The molecule has 0 aliphatic heterocycles. The number of allylic oxidation sites excluding steroid dienone is 2. The van der Waals surface area contributed by atoms with Crippen molar-refractivity contribution in [3.05, 3.63) is 76.0 Å². The SMILES string of the molecule is CC(=O)/C=C(/C)[O-].O.O=[N+]([O-])c1ccccc1OC/C([O-])=N/N=C/c1ccccc1[O-].[Mn+3]. The topological polar surface area (TPSA) is 195 Å². The van der Waals surface area contributed by atoms with Gasteiger partial charge in [0.2, 0.25) is 0 Å². The van der Waals surface area contributed by atoms with Crippen molar-refractivity contribution in [2.45, 2.75) is 13.8 Å². The predicted octanol–water partition coefficient (Wildman–Crippen LogP) is -0.148. The third-order valence-corrected chi connectivity index (χ3v) is 3.10. The molecule has 0 unspecified atom stereocenters. The van der Waals surface area contributed by atoms with Crippen LogP contribution in [0.25, 0.3) is 0 Å². The predicted molar refractivity (Wildman–Crippen MR) is 108 cm³/mol. The van der Waals surface area contributed by atoms with Gasteiger partial charge in [0, 0.05) is 12.0 Å². The van der Waals surface area contributed by atoms with E-state index < -0.39 is 17.4 Å². The van der Waals surface area contributed by atoms with Crippen molar-refractivity contribution in [2.75, 3.05) is 6.61 Å². The van der Waals surface area contributed by atoms with Crippen LogP contribution in [-0.4, -0.2) is 34.9 Å². The number of hydrogen-bond donors (Lipinski definition) is 0. The van der Waals surface area contributed by atoms with Crippen molar-refractivity contribution in [2.24, 2.45) is 10.2 Å². The number of rotatable bonds is 7. The maximum Gasteiger partial charge on any atom is 3.00 e. The average Bonchev–Trinajstić information content (AvgIpc) is 2.67. The zero-order valence-electron chi connectivity index (χ0n) is 17.1. The van der Waals surface area contributed by atoms with E-state index in [1.807, 2.05) is 0 Å². The number of carbonyl (C=O) groups excluding carboxylic acids is 1. The fraction of sp³-hybridized carbons (Fsp3) is 0.150. The second-order valence-corrected chi connectivity index (χ2v) is 5.66. The zero-order chi connectivity index (χ0) is 22.5. The number of ketones is 1. The second kappa shape index (κ2) is 16.0. The van der Waals surface area contributed by atoms with Crippen LogP contribution < -0.4 is 20.1 Å². The number of nitrogens with zero attached hydrogens (tertiary/aromatic N) is 3. The molecule has 0 bridgehead atoms. The van der Waals surface area contributed by atoms with Gasteiger partial charge in [0.1, 0.15) is 6.61 Å². The average molecular weight is 485 g/mol. The van der Waals surface area contributed by atoms with E-state index in [1.54, 1.807) is 18.2 Å². The van der Waals surface area contributed by atoms with E-state index in [0.717, 1.165) is 12.3 Å². The van der Waals surface area contributed by atoms with Gasteiger partial charge >= 0.3 is 22.8 Å². The Morgan fingerprint density at radius 3 is 2.22 bits per heavy atom. The molecule has 2 N–H and O–H groups in total. The van der Waals surface area contributed by atoms with Crippen molar-refractivity contribution in [1.29, 1.82) is 0 Å². The molecule has 0 atom stereocenters. The van der Waals surface area contributed by atoms with Crippen LogP contribution in [0.2, 0.25) is 0 Å². The molecule has 0 aromatic heterocycles. The third kappa shape index (κ3) is 12.1. The summed E-state index contributed by atoms with van der Waals surface area (Å²) in [5, 5.41) is 50.5. The molecule has 32 heavy (non-hydrogen) atoms. The number of nitro benzene ring substituents is 1. The molecule has 0 saturated carbocycles. The van der Waals surface area contributed by atoms with E-state index in [2.05, 4.69) is 10.2 Å². The van der Waals surface area contributed by atoms with E-state index in [-0.39, 0.29) is 51.3 Å². The molecule has 12 heteroatoms. The molecule has 0 radical (unpaired) electrons. The van der Waals surface area contributed by atoms with E-state index in [9.17, 15) is 30.2 Å². The quantitative estimate of drug-likeness (QED) is 0.0989. The summed E-state index contributed by atoms with van der Waals surface area (Å²) in [6.07, 6.45) is 2.21. The standard InChI is InChI=1S/C15H13N3O5.C5H8O2.Mn.H2O/c19-13-7-3-1-5-11(13)9-16-17-15(20)10-23-14-8-4-2-6-12(14)18(21)22;1-4(6)3-5(2)7;;/h1-9,19H,10H2,(H,17,20);3,6H,1-2H3;;1H2/q;;+3;/p-3/b16-9+;4-3-;;. The van der Waals surface area contributed by atoms with Crippen molar-refractivity contribution < 1.29 is 52.3 Å². The summed E-state index contributed by atoms with van der Waals surface area (Å²) in [6.45, 7) is 2.20. The van der Waals surface area contributed by atoms with Gasteiger partial charge in [0.25, 0.3) is 0 Å². The molecule has 0 amide bonds. The van der Waals surface area contributed by atoms with Gasteiger partial charge in [-0.3, -0.25) is 14.9 Å². The summed E-state index contributed by atoms with van der Waals surface area (Å²) >= 11 is 0. The van der Waals surface area contributed by atoms with E-state index >= 15 is 0 Å². The molecule has 0 spiro atoms. The number of benzene rings is 2. The molecule has 170 valence electrons. The fourth-order valence-corrected chi connectivity index (χ4v) is 1.93. The van der Waals surface area contributed by atoms with Crippen LogP contribution in [0.4, 0.5) is 5.69 Å². The zero-order valence-corrected chi connectivity index (χ0v) is 18.2. The molecular formula is C20H20MnN3O8. The second-order valence-electron chi connectivity index (χ2n) is 5.66. The van der Waals surface area contributed by atoms with Crippen LogP contribution in [0.3, 0.4) is 0 Å². The number of nitro groups is 1. The minimum Gasteiger partial charge on any atom is -0.876 e. The van der Waals surface area contributed by atoms with Crippen LogP contribution in [0.1, 0.15) is 19.4 Å². The minimum atomic E-state index is -0.734. The van der Waals surface area contributed by atoms with Gasteiger partial charge in [-0.15, -0.1) is 5.76 Å². The molecule has 0 saturated heterocycles. The van der Waals surface area contributed by atoms with Crippen LogP contribution in [-0.2, 0) is 21.9 Å². The van der Waals surface area contributed by atoms with Crippen LogP contribution in [0.15, 0.2) is 70.6 Å². The van der Waals surface area contributed by atoms with Crippen LogP contribution in [0.5, 0.6) is 11.5 Å². The van der Waals surface area contributed by atoms with Crippen LogP contribution >= 0.6 is 0 Å². The van der Waals surface area contributed by atoms with Crippen molar-refractivity contribution in [3.63, 3.8) is 0 Å². The molecule has 0 fully saturated rings. The number of hydrogen-bond acceptors (Lipinski definition) is 9. The Morgan fingerprint density at radius 2 is 1.69 bits per heavy atom. The number of para-hydroxylation sites is 3. The van der Waals surface area contributed by atoms with Crippen molar-refractivity contribution in [3.8, 4) is 11.5 Å². The Kier molecular flexibility index (Phi) is 15.3. The Morgan fingerprint density at radius 1 is 1.09 bits per heavy atom. The Labute approximate surface area is 194 Å². The molecule has 0 heterocycles. The molecule has 0 aliphatic carbocycles. The monoisotopic (exact) mass is 485 g/mol. The molecule has 2 aromatic rings. The van der Waals surface area contributed by atoms with Crippen molar-refractivity contribution in [1.82, 2.24) is 0 Å². The van der Waals surface area contributed by atoms with Gasteiger partial charge in [0.05, 0.1) is 11.1 Å². The van der Waals surface area contributed by atoms with E-state index in [0.29, 0.717) is 5.56 Å². The summed E-state index contributed by atoms with van der Waals surface area (Å²) in [6, 6.07) is 11.8. The third-order valence-electron chi connectivity index (χ3n) is 3.10. The van der Waals surface area contributed by atoms with Gasteiger partial charge in [-0.2, -0.15) is 10.2 Å². The summed E-state index contributed by atoms with van der Waals surface area (Å²) in [5.74, 6) is -1.38. The van der Waals surface area contributed by atoms with Crippen molar-refractivity contribution >= 4 is 23.6 Å². The molecule has 0 aliphatic rings. The summed E-state index contributed by atoms with van der Waals surface area (Å²) < 4.78 is 5.07. The summed E-state index contributed by atoms with van der Waals surface area (Å²) in [4.78, 5) is 20.2. The summed E-state index contributed by atoms with van der Waals surface area (Å²) in [7, 11) is 0. The van der Waals surface area contributed by atoms with Crippen LogP contribution in [0, 0.1) is 10.1 Å². The first-order chi connectivity index (χ1) is 14.2. The Balaban J connectivity index is 0. The van der Waals surface area contributed by atoms with Gasteiger partial charge in [-0.05, 0) is 24.6 Å². The van der Waals surface area contributed by atoms with Gasteiger partial charge < -0.3 is 25.5 Å². The Bertz CT molecular complexity index is 973. The first kappa shape index (κ1) is 30.5. The maximum atomic E-state index is 11.5. The summed E-state index contributed by atoms with van der Waals surface area (Å²) in [5.41, 5.74) is 0.0488. The molecule has 2 rings (SSSR count). The Hall–Kier alpha value is -3.73. The van der Waals surface area contributed by atoms with E-state index in [4.69, 9.17) is 4.74 Å². The first-order valence-electron chi connectivity index (χ1n) is 8.45. The molecular weight excluding hydrogens is 465 g/mol. The van der Waals surface area contributed by atoms with Gasteiger partial charge in [-0.1, -0.05) is 49.1 Å². The molecule has 11 nitrogen and oxygen atoms in total. The fourth-order valence-electron chi connectivity index (χ4n) is 1.93. The maximum absolute atomic E-state index is 11.5. The number of carbonyl (C=O) groups is 1. The first-order valence-corrected chi connectivity index (χ1v) is 8.45. The minimum absolute atomic E-state index is 0.